The Labute approximate surface area is 190 Å². The van der Waals surface area contributed by atoms with E-state index in [2.05, 4.69) is 25.1 Å². The molecule has 0 radical (unpaired) electrons. The Hall–Kier alpha value is -3.87. The number of benzene rings is 2. The Morgan fingerprint density at radius 3 is 2.30 bits per heavy atom. The highest BCUT2D eigenvalue weighted by Gasteiger charge is 2.31. The van der Waals surface area contributed by atoms with Gasteiger partial charge in [0, 0.05) is 5.56 Å². The lowest BCUT2D eigenvalue weighted by Gasteiger charge is -2.13. The second-order valence-corrected chi connectivity index (χ2v) is 7.62. The van der Waals surface area contributed by atoms with E-state index < -0.39 is 11.7 Å². The van der Waals surface area contributed by atoms with Gasteiger partial charge in [-0.2, -0.15) is 28.1 Å². The van der Waals surface area contributed by atoms with Gasteiger partial charge < -0.3 is 16.2 Å². The first-order chi connectivity index (χ1) is 15.7. The number of nitrogens with two attached hydrogens (primary N) is 2. The maximum Gasteiger partial charge on any atom is 0.416 e. The van der Waals surface area contributed by atoms with Crippen LogP contribution in [0.1, 0.15) is 11.4 Å². The summed E-state index contributed by atoms with van der Waals surface area (Å²) in [6.45, 7) is 0. The van der Waals surface area contributed by atoms with E-state index in [-0.39, 0.29) is 23.3 Å². The third-order valence-electron chi connectivity index (χ3n) is 4.46. The molecule has 2 aromatic carbocycles. The van der Waals surface area contributed by atoms with Crippen molar-refractivity contribution in [3.05, 3.63) is 59.9 Å². The number of aromatic nitrogens is 6. The number of nitrogens with zero attached hydrogens (tertiary/aromatic N) is 6. The Morgan fingerprint density at radius 2 is 1.67 bits per heavy atom. The third-order valence-corrected chi connectivity index (χ3v) is 5.38. The van der Waals surface area contributed by atoms with E-state index in [1.165, 1.54) is 29.5 Å². The van der Waals surface area contributed by atoms with Gasteiger partial charge in [-0.1, -0.05) is 17.8 Å². The molecule has 13 heteroatoms. The van der Waals surface area contributed by atoms with E-state index in [0.717, 1.165) is 12.1 Å². The molecule has 0 saturated carbocycles. The van der Waals surface area contributed by atoms with Crippen molar-refractivity contribution in [2.45, 2.75) is 17.1 Å². The maximum atomic E-state index is 13.4. The number of hydrogen-bond donors (Lipinski definition) is 2. The minimum atomic E-state index is -4.50. The number of hydrogen-bond acceptors (Lipinski definition) is 9. The summed E-state index contributed by atoms with van der Waals surface area (Å²) in [7, 11) is 1.54. The molecule has 0 aliphatic rings. The van der Waals surface area contributed by atoms with E-state index in [4.69, 9.17) is 16.2 Å². The SMILES string of the molecule is COc1ccc(-c2nnc(SCc3nc(N)nc(N)n3)n2-c2cccc(C(F)(F)F)c2)cc1. The molecule has 0 unspecified atom stereocenters. The highest BCUT2D eigenvalue weighted by atomic mass is 32.2. The van der Waals surface area contributed by atoms with E-state index in [1.54, 1.807) is 30.3 Å². The lowest BCUT2D eigenvalue weighted by Crippen LogP contribution is -2.08. The lowest BCUT2D eigenvalue weighted by atomic mass is 10.1. The number of nitrogen functional groups attached to an aromatic ring is 2. The summed E-state index contributed by atoms with van der Waals surface area (Å²) in [5.41, 5.74) is 11.3. The molecule has 0 bridgehead atoms. The van der Waals surface area contributed by atoms with Gasteiger partial charge in [0.2, 0.25) is 11.9 Å². The molecule has 0 fully saturated rings. The van der Waals surface area contributed by atoms with Crippen molar-refractivity contribution < 1.29 is 17.9 Å². The van der Waals surface area contributed by atoms with Gasteiger partial charge in [-0.3, -0.25) is 4.57 Å². The number of anilines is 2. The third kappa shape index (κ3) is 4.98. The summed E-state index contributed by atoms with van der Waals surface area (Å²) in [4.78, 5) is 11.8. The van der Waals surface area contributed by atoms with Crippen LogP contribution in [0.5, 0.6) is 5.75 Å². The molecule has 170 valence electrons. The zero-order chi connectivity index (χ0) is 23.6. The monoisotopic (exact) mass is 474 g/mol. The quantitative estimate of drug-likeness (QED) is 0.402. The molecule has 0 aliphatic carbocycles. The van der Waals surface area contributed by atoms with Crippen LogP contribution in [0.15, 0.2) is 53.7 Å². The van der Waals surface area contributed by atoms with Gasteiger partial charge in [-0.15, -0.1) is 10.2 Å². The van der Waals surface area contributed by atoms with Crippen LogP contribution < -0.4 is 16.2 Å². The van der Waals surface area contributed by atoms with Crippen molar-refractivity contribution >= 4 is 23.7 Å². The second kappa shape index (κ2) is 8.94. The summed E-state index contributed by atoms with van der Waals surface area (Å²) < 4.78 is 46.8. The molecule has 4 N–H and O–H groups in total. The van der Waals surface area contributed by atoms with Gasteiger partial charge in [-0.25, -0.2) is 0 Å². The van der Waals surface area contributed by atoms with E-state index in [1.807, 2.05) is 0 Å². The van der Waals surface area contributed by atoms with Crippen molar-refractivity contribution in [1.82, 2.24) is 29.7 Å². The molecule has 0 spiro atoms. The Bertz CT molecular complexity index is 1260. The Kier molecular flexibility index (Phi) is 6.05. The van der Waals surface area contributed by atoms with Gasteiger partial charge in [-0.05, 0) is 42.5 Å². The highest BCUT2D eigenvalue weighted by Crippen LogP contribution is 2.34. The van der Waals surface area contributed by atoms with E-state index in [0.29, 0.717) is 28.1 Å². The normalized spacial score (nSPS) is 11.5. The number of halogens is 3. The van der Waals surface area contributed by atoms with Crippen LogP contribution in [-0.2, 0) is 11.9 Å². The first-order valence-corrected chi connectivity index (χ1v) is 10.4. The molecule has 4 rings (SSSR count). The average Bonchev–Trinajstić information content (AvgIpc) is 3.20. The fourth-order valence-electron chi connectivity index (χ4n) is 3.00. The summed E-state index contributed by atoms with van der Waals surface area (Å²) >= 11 is 1.17. The topological polar surface area (TPSA) is 131 Å². The van der Waals surface area contributed by atoms with E-state index >= 15 is 0 Å². The average molecular weight is 474 g/mol. The lowest BCUT2D eigenvalue weighted by molar-refractivity contribution is -0.137. The summed E-state index contributed by atoms with van der Waals surface area (Å²) in [6, 6.07) is 11.9. The fourth-order valence-corrected chi connectivity index (χ4v) is 3.80. The molecule has 0 aliphatic heterocycles. The number of alkyl halides is 3. The molecule has 0 atom stereocenters. The van der Waals surface area contributed by atoms with Crippen molar-refractivity contribution in [1.29, 1.82) is 0 Å². The van der Waals surface area contributed by atoms with Crippen LogP contribution in [0.25, 0.3) is 17.1 Å². The van der Waals surface area contributed by atoms with Crippen LogP contribution >= 0.6 is 11.8 Å². The summed E-state index contributed by atoms with van der Waals surface area (Å²) in [6.07, 6.45) is -4.50. The highest BCUT2D eigenvalue weighted by molar-refractivity contribution is 7.98. The molecular formula is C20H17F3N8OS. The van der Waals surface area contributed by atoms with Crippen molar-refractivity contribution in [2.24, 2.45) is 0 Å². The minimum absolute atomic E-state index is 0.0311. The Balaban J connectivity index is 1.77. The van der Waals surface area contributed by atoms with Crippen molar-refractivity contribution in [3.63, 3.8) is 0 Å². The zero-order valence-electron chi connectivity index (χ0n) is 17.1. The maximum absolute atomic E-state index is 13.4. The summed E-state index contributed by atoms with van der Waals surface area (Å²) in [5, 5.41) is 8.75. The summed E-state index contributed by atoms with van der Waals surface area (Å²) in [5.74, 6) is 1.41. The Morgan fingerprint density at radius 1 is 0.970 bits per heavy atom. The molecule has 4 aromatic rings. The molecule has 0 saturated heterocycles. The smallest absolute Gasteiger partial charge is 0.416 e. The molecule has 33 heavy (non-hydrogen) atoms. The molecular weight excluding hydrogens is 457 g/mol. The molecule has 9 nitrogen and oxygen atoms in total. The first kappa shape index (κ1) is 22.3. The van der Waals surface area contributed by atoms with Gasteiger partial charge in [0.25, 0.3) is 0 Å². The van der Waals surface area contributed by atoms with Crippen LogP contribution in [-0.4, -0.2) is 36.8 Å². The van der Waals surface area contributed by atoms with Crippen LogP contribution in [0, 0.1) is 0 Å². The van der Waals surface area contributed by atoms with E-state index in [9.17, 15) is 13.2 Å². The molecule has 2 heterocycles. The standard InChI is InChI=1S/C20H17F3N8OS/c1-32-14-7-5-11(6-8-14)16-29-30-19(33-10-15-26-17(24)28-18(25)27-15)31(16)13-4-2-3-12(9-13)20(21,22)23/h2-9H,10H2,1H3,(H4,24,25,26,27,28). The van der Waals surface area contributed by atoms with Gasteiger partial charge in [0.1, 0.15) is 11.6 Å². The second-order valence-electron chi connectivity index (χ2n) is 6.67. The van der Waals surface area contributed by atoms with Crippen molar-refractivity contribution in [2.75, 3.05) is 18.6 Å². The zero-order valence-corrected chi connectivity index (χ0v) is 17.9. The fraction of sp³-hybridized carbons (Fsp3) is 0.150. The number of methoxy groups -OCH3 is 1. The van der Waals surface area contributed by atoms with Gasteiger partial charge in [0.05, 0.1) is 24.1 Å². The van der Waals surface area contributed by atoms with Crippen LogP contribution in [0.3, 0.4) is 0 Å². The number of ether oxygens (including phenoxy) is 1. The molecule has 2 aromatic heterocycles. The van der Waals surface area contributed by atoms with Gasteiger partial charge in [0.15, 0.2) is 11.0 Å². The largest absolute Gasteiger partial charge is 0.497 e. The minimum Gasteiger partial charge on any atom is -0.497 e. The predicted octanol–water partition coefficient (Wildman–Crippen LogP) is 3.60. The van der Waals surface area contributed by atoms with Crippen LogP contribution in [0.2, 0.25) is 0 Å². The first-order valence-electron chi connectivity index (χ1n) is 9.41. The number of rotatable bonds is 6. The van der Waals surface area contributed by atoms with Crippen molar-refractivity contribution in [3.8, 4) is 22.8 Å². The number of thioether (sulfide) groups is 1. The predicted molar refractivity (Wildman–Crippen MR) is 117 cm³/mol. The van der Waals surface area contributed by atoms with Crippen LogP contribution in [0.4, 0.5) is 25.1 Å². The van der Waals surface area contributed by atoms with Gasteiger partial charge >= 0.3 is 6.18 Å². The molecule has 0 amide bonds.